The van der Waals surface area contributed by atoms with Gasteiger partial charge in [0.2, 0.25) is 0 Å². The van der Waals surface area contributed by atoms with Crippen LogP contribution in [-0.2, 0) is 6.18 Å². The Morgan fingerprint density at radius 2 is 1.93 bits per heavy atom. The van der Waals surface area contributed by atoms with Gasteiger partial charge in [-0.25, -0.2) is 4.79 Å². The standard InChI is InChI=1S/C20H16BrF3N2O3S/c1-10(12-4-2-3-5-13(12)20(22,23)24)29-17-16(9-30-18(17)19(27)28)26-15-7-6-11(21)8-14(15)25/h2-10,26H,25H2,1H3,(H,27,28)/t10-/m1/s1. The Labute approximate surface area is 182 Å². The molecule has 3 rings (SSSR count). The SMILES string of the molecule is C[C@@H](Oc1c(Nc2ccc(Br)cc2N)csc1C(=O)O)c1ccccc1C(F)(F)F. The van der Waals surface area contributed by atoms with Gasteiger partial charge in [-0.3, -0.25) is 0 Å². The molecule has 2 aromatic carbocycles. The molecule has 0 radical (unpaired) electrons. The van der Waals surface area contributed by atoms with E-state index >= 15 is 0 Å². The largest absolute Gasteiger partial charge is 0.482 e. The first-order valence-electron chi connectivity index (χ1n) is 8.57. The van der Waals surface area contributed by atoms with E-state index in [1.54, 1.807) is 18.2 Å². The highest BCUT2D eigenvalue weighted by Gasteiger charge is 2.35. The van der Waals surface area contributed by atoms with Crippen molar-refractivity contribution >= 4 is 50.3 Å². The quantitative estimate of drug-likeness (QED) is 0.328. The van der Waals surface area contributed by atoms with Gasteiger partial charge in [-0.1, -0.05) is 34.1 Å². The fourth-order valence-corrected chi connectivity index (χ4v) is 3.99. The summed E-state index contributed by atoms with van der Waals surface area (Å²) < 4.78 is 46.6. The second-order valence-corrected chi connectivity index (χ2v) is 8.11. The van der Waals surface area contributed by atoms with Gasteiger partial charge in [0.1, 0.15) is 6.10 Å². The molecule has 30 heavy (non-hydrogen) atoms. The maximum atomic E-state index is 13.4. The lowest BCUT2D eigenvalue weighted by Gasteiger charge is -2.21. The summed E-state index contributed by atoms with van der Waals surface area (Å²) in [5.74, 6) is -1.30. The molecular weight excluding hydrogens is 485 g/mol. The van der Waals surface area contributed by atoms with Gasteiger partial charge in [0, 0.05) is 15.4 Å². The van der Waals surface area contributed by atoms with Gasteiger partial charge in [0.15, 0.2) is 10.6 Å². The van der Waals surface area contributed by atoms with E-state index in [1.807, 2.05) is 0 Å². The van der Waals surface area contributed by atoms with E-state index < -0.39 is 23.8 Å². The van der Waals surface area contributed by atoms with Crippen molar-refractivity contribution in [3.8, 4) is 5.75 Å². The van der Waals surface area contributed by atoms with Crippen LogP contribution in [0.3, 0.4) is 0 Å². The number of nitrogens with one attached hydrogen (secondary N) is 1. The number of rotatable bonds is 6. The highest BCUT2D eigenvalue weighted by atomic mass is 79.9. The van der Waals surface area contributed by atoms with Gasteiger partial charge in [-0.05, 0) is 31.2 Å². The molecule has 0 unspecified atom stereocenters. The molecule has 0 fully saturated rings. The number of aromatic carboxylic acids is 1. The smallest absolute Gasteiger partial charge is 0.416 e. The van der Waals surface area contributed by atoms with Crippen LogP contribution in [0.4, 0.5) is 30.2 Å². The molecule has 1 atom stereocenters. The zero-order valence-electron chi connectivity index (χ0n) is 15.5. The molecule has 5 nitrogen and oxygen atoms in total. The molecule has 0 spiro atoms. The van der Waals surface area contributed by atoms with Gasteiger partial charge >= 0.3 is 12.1 Å². The van der Waals surface area contributed by atoms with Crippen LogP contribution in [0.2, 0.25) is 0 Å². The number of nitrogens with two attached hydrogens (primary N) is 1. The van der Waals surface area contributed by atoms with Crippen molar-refractivity contribution in [2.24, 2.45) is 0 Å². The minimum absolute atomic E-state index is 0.0562. The summed E-state index contributed by atoms with van der Waals surface area (Å²) in [6, 6.07) is 10.1. The zero-order chi connectivity index (χ0) is 22.1. The van der Waals surface area contributed by atoms with Crippen molar-refractivity contribution in [3.05, 3.63) is 68.3 Å². The van der Waals surface area contributed by atoms with Gasteiger partial charge in [0.25, 0.3) is 0 Å². The third kappa shape index (κ3) is 4.71. The molecule has 0 aliphatic carbocycles. The van der Waals surface area contributed by atoms with Crippen LogP contribution in [-0.4, -0.2) is 11.1 Å². The number of hydrogen-bond acceptors (Lipinski definition) is 5. The molecule has 1 heterocycles. The number of halogens is 4. The van der Waals surface area contributed by atoms with E-state index in [1.165, 1.54) is 30.5 Å². The van der Waals surface area contributed by atoms with Crippen molar-refractivity contribution in [3.63, 3.8) is 0 Å². The number of carbonyl (C=O) groups is 1. The summed E-state index contributed by atoms with van der Waals surface area (Å²) in [4.78, 5) is 11.5. The van der Waals surface area contributed by atoms with Crippen LogP contribution >= 0.6 is 27.3 Å². The molecule has 10 heteroatoms. The lowest BCUT2D eigenvalue weighted by molar-refractivity contribution is -0.138. The van der Waals surface area contributed by atoms with Crippen molar-refractivity contribution in [1.82, 2.24) is 0 Å². The number of ether oxygens (including phenoxy) is 1. The fraction of sp³-hybridized carbons (Fsp3) is 0.150. The molecule has 4 N–H and O–H groups in total. The predicted octanol–water partition coefficient (Wildman–Crippen LogP) is 6.69. The van der Waals surface area contributed by atoms with E-state index in [9.17, 15) is 23.1 Å². The molecular formula is C20H16BrF3N2O3S. The Kier molecular flexibility index (Phi) is 6.27. The molecule has 0 saturated carbocycles. The van der Waals surface area contributed by atoms with E-state index in [2.05, 4.69) is 21.2 Å². The molecule has 0 saturated heterocycles. The summed E-state index contributed by atoms with van der Waals surface area (Å²) in [6.45, 7) is 1.44. The lowest BCUT2D eigenvalue weighted by atomic mass is 10.0. The van der Waals surface area contributed by atoms with E-state index in [0.29, 0.717) is 17.1 Å². The summed E-state index contributed by atoms with van der Waals surface area (Å²) in [5.41, 5.74) is 6.23. The molecule has 0 aliphatic heterocycles. The highest BCUT2D eigenvalue weighted by molar-refractivity contribution is 9.10. The summed E-state index contributed by atoms with van der Waals surface area (Å²) in [7, 11) is 0. The maximum Gasteiger partial charge on any atom is 0.416 e. The van der Waals surface area contributed by atoms with Crippen molar-refractivity contribution < 1.29 is 27.8 Å². The number of alkyl halides is 3. The number of carboxylic acids is 1. The van der Waals surface area contributed by atoms with Crippen LogP contribution in [0.1, 0.15) is 33.8 Å². The number of anilines is 3. The second-order valence-electron chi connectivity index (χ2n) is 6.31. The monoisotopic (exact) mass is 500 g/mol. The van der Waals surface area contributed by atoms with Crippen LogP contribution in [0.25, 0.3) is 0 Å². The van der Waals surface area contributed by atoms with Crippen LogP contribution in [0, 0.1) is 0 Å². The Morgan fingerprint density at radius 1 is 1.23 bits per heavy atom. The predicted molar refractivity (Wildman–Crippen MR) is 114 cm³/mol. The van der Waals surface area contributed by atoms with Gasteiger partial charge in [-0.15, -0.1) is 11.3 Å². The molecule has 158 valence electrons. The highest BCUT2D eigenvalue weighted by Crippen LogP contribution is 2.42. The number of carboxylic acid groups (broad SMARTS) is 1. The Morgan fingerprint density at radius 3 is 2.57 bits per heavy atom. The summed E-state index contributed by atoms with van der Waals surface area (Å²) in [5, 5.41) is 14.0. The van der Waals surface area contributed by atoms with Crippen LogP contribution < -0.4 is 15.8 Å². The first kappa shape index (κ1) is 22.0. The van der Waals surface area contributed by atoms with Crippen LogP contribution in [0.15, 0.2) is 52.3 Å². The fourth-order valence-electron chi connectivity index (χ4n) is 2.84. The van der Waals surface area contributed by atoms with Gasteiger partial charge < -0.3 is 20.9 Å². The average Bonchev–Trinajstić information content (AvgIpc) is 3.06. The van der Waals surface area contributed by atoms with Crippen molar-refractivity contribution in [2.75, 3.05) is 11.1 Å². The zero-order valence-corrected chi connectivity index (χ0v) is 17.9. The Balaban J connectivity index is 1.98. The van der Waals surface area contributed by atoms with Gasteiger partial charge in [-0.2, -0.15) is 13.2 Å². The molecule has 1 aromatic heterocycles. The van der Waals surface area contributed by atoms with E-state index in [-0.39, 0.29) is 16.2 Å². The molecule has 0 aliphatic rings. The topological polar surface area (TPSA) is 84.6 Å². The lowest BCUT2D eigenvalue weighted by Crippen LogP contribution is -2.14. The molecule has 3 aromatic rings. The minimum Gasteiger partial charge on any atom is -0.482 e. The van der Waals surface area contributed by atoms with Crippen LogP contribution in [0.5, 0.6) is 5.75 Å². The maximum absolute atomic E-state index is 13.4. The van der Waals surface area contributed by atoms with E-state index in [0.717, 1.165) is 21.9 Å². The minimum atomic E-state index is -4.56. The Bertz CT molecular complexity index is 1090. The summed E-state index contributed by atoms with van der Waals surface area (Å²) >= 11 is 4.20. The van der Waals surface area contributed by atoms with Crippen molar-refractivity contribution in [1.29, 1.82) is 0 Å². The Hall–Kier alpha value is -2.72. The average molecular weight is 501 g/mol. The second kappa shape index (κ2) is 8.57. The van der Waals surface area contributed by atoms with E-state index in [4.69, 9.17) is 10.5 Å². The summed E-state index contributed by atoms with van der Waals surface area (Å²) in [6.07, 6.45) is -5.62. The normalized spacial score (nSPS) is 12.4. The molecule has 0 bridgehead atoms. The number of nitrogen functional groups attached to an aromatic ring is 1. The first-order chi connectivity index (χ1) is 14.1. The third-order valence-corrected chi connectivity index (χ3v) is 5.66. The number of hydrogen-bond donors (Lipinski definition) is 3. The third-order valence-electron chi connectivity index (χ3n) is 4.22. The van der Waals surface area contributed by atoms with Gasteiger partial charge in [0.05, 0.1) is 22.6 Å². The first-order valence-corrected chi connectivity index (χ1v) is 10.2. The van der Waals surface area contributed by atoms with Crippen molar-refractivity contribution in [2.45, 2.75) is 19.2 Å². The molecule has 0 amide bonds. The number of thiophene rings is 1. The number of benzene rings is 2.